The second kappa shape index (κ2) is 4.25. The number of carboxylic acids is 1. The highest BCUT2D eigenvalue weighted by Gasteiger charge is 2.16. The molecule has 0 spiro atoms. The van der Waals surface area contributed by atoms with Crippen molar-refractivity contribution in [3.8, 4) is 0 Å². The molecule has 1 rings (SSSR count). The van der Waals surface area contributed by atoms with Gasteiger partial charge in [-0.15, -0.1) is 0 Å². The molecule has 0 aliphatic carbocycles. The fourth-order valence-electron chi connectivity index (χ4n) is 1.52. The second-order valence-corrected chi connectivity index (χ2v) is 3.44. The molecule has 0 aliphatic rings. The van der Waals surface area contributed by atoms with Gasteiger partial charge in [-0.2, -0.15) is 5.10 Å². The quantitative estimate of drug-likeness (QED) is 0.798. The lowest BCUT2D eigenvalue weighted by atomic mass is 10.1. The van der Waals surface area contributed by atoms with Crippen LogP contribution in [0.5, 0.6) is 0 Å². The molecule has 1 heterocycles. The number of aryl methyl sites for hydroxylation is 1. The molecule has 0 saturated heterocycles. The van der Waals surface area contributed by atoms with Crippen LogP contribution >= 0.6 is 0 Å². The van der Waals surface area contributed by atoms with Gasteiger partial charge in [-0.3, -0.25) is 4.79 Å². The molecule has 0 unspecified atom stereocenters. The summed E-state index contributed by atoms with van der Waals surface area (Å²) in [5, 5.41) is 12.6. The topological polar surface area (TPSA) is 72.2 Å². The maximum Gasteiger partial charge on any atom is 0.356 e. The molecule has 0 fully saturated rings. The lowest BCUT2D eigenvalue weighted by Crippen LogP contribution is -2.28. The molecule has 0 aliphatic heterocycles. The number of hydrogen-bond acceptors (Lipinski definition) is 3. The lowest BCUT2D eigenvalue weighted by Gasteiger charge is -2.08. The van der Waals surface area contributed by atoms with Gasteiger partial charge in [-0.05, 0) is 18.9 Å². The predicted octanol–water partition coefficient (Wildman–Crippen LogP) is 0.739. The standard InChI is InChI=1S/C10H14N2O3/c1-4-5-7-6(2)8(10(14)15)11-12(3)9(7)13/h4-5H2,1-3H3,(H,14,15). The molecule has 5 heteroatoms. The molecule has 1 N–H and O–H groups in total. The first kappa shape index (κ1) is 11.4. The van der Waals surface area contributed by atoms with E-state index < -0.39 is 5.97 Å². The van der Waals surface area contributed by atoms with E-state index in [1.165, 1.54) is 7.05 Å². The van der Waals surface area contributed by atoms with Gasteiger partial charge in [0, 0.05) is 12.6 Å². The van der Waals surface area contributed by atoms with E-state index in [0.29, 0.717) is 17.5 Å². The van der Waals surface area contributed by atoms with Crippen molar-refractivity contribution in [3.63, 3.8) is 0 Å². The van der Waals surface area contributed by atoms with Crippen LogP contribution in [0.15, 0.2) is 4.79 Å². The maximum absolute atomic E-state index is 11.7. The monoisotopic (exact) mass is 210 g/mol. The lowest BCUT2D eigenvalue weighted by molar-refractivity contribution is 0.0686. The Labute approximate surface area is 87.4 Å². The first-order valence-corrected chi connectivity index (χ1v) is 4.79. The molecule has 1 aromatic heterocycles. The molecule has 0 bridgehead atoms. The average Bonchev–Trinajstić information content (AvgIpc) is 2.18. The fourth-order valence-corrected chi connectivity index (χ4v) is 1.52. The van der Waals surface area contributed by atoms with E-state index in [0.717, 1.165) is 11.1 Å². The first-order valence-electron chi connectivity index (χ1n) is 4.79. The highest BCUT2D eigenvalue weighted by Crippen LogP contribution is 2.09. The predicted molar refractivity (Wildman–Crippen MR) is 55.2 cm³/mol. The van der Waals surface area contributed by atoms with Crippen LogP contribution in [-0.4, -0.2) is 20.9 Å². The molecule has 0 atom stereocenters. The number of carboxylic acid groups (broad SMARTS) is 1. The van der Waals surface area contributed by atoms with Gasteiger partial charge in [-0.1, -0.05) is 13.3 Å². The molecule has 5 nitrogen and oxygen atoms in total. The van der Waals surface area contributed by atoms with Crippen molar-refractivity contribution < 1.29 is 9.90 Å². The highest BCUT2D eigenvalue weighted by molar-refractivity contribution is 5.87. The van der Waals surface area contributed by atoms with Crippen LogP contribution in [-0.2, 0) is 13.5 Å². The average molecular weight is 210 g/mol. The minimum absolute atomic E-state index is 0.0412. The summed E-state index contributed by atoms with van der Waals surface area (Å²) < 4.78 is 1.08. The minimum Gasteiger partial charge on any atom is -0.476 e. The number of rotatable bonds is 3. The van der Waals surface area contributed by atoms with Crippen LogP contribution in [0.4, 0.5) is 0 Å². The van der Waals surface area contributed by atoms with Crippen molar-refractivity contribution in [2.24, 2.45) is 7.05 Å². The van der Waals surface area contributed by atoms with E-state index in [9.17, 15) is 9.59 Å². The van der Waals surface area contributed by atoms with Gasteiger partial charge in [0.2, 0.25) is 0 Å². The Morgan fingerprint density at radius 2 is 2.13 bits per heavy atom. The third-order valence-electron chi connectivity index (χ3n) is 2.31. The van der Waals surface area contributed by atoms with Gasteiger partial charge in [0.1, 0.15) is 0 Å². The van der Waals surface area contributed by atoms with Crippen molar-refractivity contribution in [3.05, 3.63) is 27.2 Å². The van der Waals surface area contributed by atoms with Gasteiger partial charge in [0.15, 0.2) is 5.69 Å². The zero-order chi connectivity index (χ0) is 11.6. The molecule has 0 aromatic carbocycles. The summed E-state index contributed by atoms with van der Waals surface area (Å²) in [7, 11) is 1.47. The summed E-state index contributed by atoms with van der Waals surface area (Å²) in [6, 6.07) is 0. The fraction of sp³-hybridized carbons (Fsp3) is 0.500. The molecule has 0 radical (unpaired) electrons. The third-order valence-corrected chi connectivity index (χ3v) is 2.31. The third kappa shape index (κ3) is 2.06. The van der Waals surface area contributed by atoms with E-state index in [1.807, 2.05) is 6.92 Å². The van der Waals surface area contributed by atoms with Crippen molar-refractivity contribution in [1.29, 1.82) is 0 Å². The largest absolute Gasteiger partial charge is 0.476 e. The normalized spacial score (nSPS) is 10.3. The summed E-state index contributed by atoms with van der Waals surface area (Å²) >= 11 is 0. The Hall–Kier alpha value is -1.65. The van der Waals surface area contributed by atoms with E-state index in [-0.39, 0.29) is 11.3 Å². The van der Waals surface area contributed by atoms with Crippen LogP contribution in [0, 0.1) is 6.92 Å². The van der Waals surface area contributed by atoms with E-state index in [2.05, 4.69) is 5.10 Å². The molecule has 15 heavy (non-hydrogen) atoms. The smallest absolute Gasteiger partial charge is 0.356 e. The molecule has 0 amide bonds. The molecular formula is C10H14N2O3. The number of nitrogens with zero attached hydrogens (tertiary/aromatic N) is 2. The Bertz CT molecular complexity index is 449. The van der Waals surface area contributed by atoms with Gasteiger partial charge in [0.05, 0.1) is 0 Å². The summed E-state index contributed by atoms with van der Waals surface area (Å²) in [4.78, 5) is 22.5. The Morgan fingerprint density at radius 3 is 2.60 bits per heavy atom. The van der Waals surface area contributed by atoms with Gasteiger partial charge < -0.3 is 5.11 Å². The van der Waals surface area contributed by atoms with Gasteiger partial charge in [-0.25, -0.2) is 9.48 Å². The van der Waals surface area contributed by atoms with E-state index in [1.54, 1.807) is 6.92 Å². The summed E-state index contributed by atoms with van der Waals surface area (Å²) in [5.41, 5.74) is 0.778. The summed E-state index contributed by atoms with van der Waals surface area (Å²) in [6.07, 6.45) is 1.39. The SMILES string of the molecule is CCCc1c(C)c(C(=O)O)nn(C)c1=O. The van der Waals surface area contributed by atoms with Crippen molar-refractivity contribution in [1.82, 2.24) is 9.78 Å². The van der Waals surface area contributed by atoms with Crippen LogP contribution in [0.3, 0.4) is 0 Å². The van der Waals surface area contributed by atoms with Gasteiger partial charge >= 0.3 is 5.97 Å². The summed E-state index contributed by atoms with van der Waals surface area (Å²) in [6.45, 7) is 3.57. The van der Waals surface area contributed by atoms with Crippen LogP contribution in [0.1, 0.15) is 35.0 Å². The Morgan fingerprint density at radius 1 is 1.53 bits per heavy atom. The van der Waals surface area contributed by atoms with Crippen LogP contribution in [0.25, 0.3) is 0 Å². The van der Waals surface area contributed by atoms with Crippen molar-refractivity contribution in [2.75, 3.05) is 0 Å². The first-order chi connectivity index (χ1) is 6.99. The maximum atomic E-state index is 11.7. The number of carbonyl (C=O) groups is 1. The zero-order valence-electron chi connectivity index (χ0n) is 9.07. The Balaban J connectivity index is 3.49. The highest BCUT2D eigenvalue weighted by atomic mass is 16.4. The molecule has 82 valence electrons. The number of aromatic nitrogens is 2. The molecular weight excluding hydrogens is 196 g/mol. The van der Waals surface area contributed by atoms with Crippen LogP contribution < -0.4 is 5.56 Å². The Kier molecular flexibility index (Phi) is 3.24. The number of aromatic carboxylic acids is 1. The second-order valence-electron chi connectivity index (χ2n) is 3.44. The van der Waals surface area contributed by atoms with E-state index in [4.69, 9.17) is 5.11 Å². The van der Waals surface area contributed by atoms with E-state index >= 15 is 0 Å². The van der Waals surface area contributed by atoms with Gasteiger partial charge in [0.25, 0.3) is 5.56 Å². The molecule has 0 saturated carbocycles. The van der Waals surface area contributed by atoms with Crippen molar-refractivity contribution >= 4 is 5.97 Å². The zero-order valence-corrected chi connectivity index (χ0v) is 9.07. The summed E-state index contributed by atoms with van der Waals surface area (Å²) in [5.74, 6) is -1.10. The number of hydrogen-bond donors (Lipinski definition) is 1. The van der Waals surface area contributed by atoms with Crippen molar-refractivity contribution in [2.45, 2.75) is 26.7 Å². The minimum atomic E-state index is -1.10. The molecule has 1 aromatic rings. The van der Waals surface area contributed by atoms with Crippen LogP contribution in [0.2, 0.25) is 0 Å².